The van der Waals surface area contributed by atoms with Gasteiger partial charge in [0.05, 0.1) is 0 Å². The lowest BCUT2D eigenvalue weighted by Crippen LogP contribution is -2.48. The normalized spacial score (nSPS) is 24.9. The maximum absolute atomic E-state index is 5.92. The number of rotatable bonds is 5. The van der Waals surface area contributed by atoms with Crippen molar-refractivity contribution in [3.05, 3.63) is 0 Å². The lowest BCUT2D eigenvalue weighted by molar-refractivity contribution is 0.126. The average Bonchev–Trinajstić information content (AvgIpc) is 2.65. The van der Waals surface area contributed by atoms with Crippen molar-refractivity contribution in [2.45, 2.75) is 39.3 Å². The van der Waals surface area contributed by atoms with E-state index in [1.54, 1.807) is 0 Å². The molecule has 14 heavy (non-hydrogen) atoms. The van der Waals surface area contributed by atoms with Gasteiger partial charge in [0.1, 0.15) is 0 Å². The van der Waals surface area contributed by atoms with Crippen LogP contribution in [0.25, 0.3) is 0 Å². The molecule has 2 unspecified atom stereocenters. The Bertz CT molecular complexity index is 155. The molecule has 1 fully saturated rings. The molecule has 0 aromatic heterocycles. The fraction of sp³-hybridized carbons (Fsp3) is 1.00. The summed E-state index contributed by atoms with van der Waals surface area (Å²) in [6, 6.07) is 1.23. The van der Waals surface area contributed by atoms with Crippen LogP contribution in [0, 0.1) is 5.92 Å². The molecule has 0 radical (unpaired) electrons. The van der Waals surface area contributed by atoms with Crippen LogP contribution < -0.4 is 5.73 Å². The van der Waals surface area contributed by atoms with E-state index in [4.69, 9.17) is 5.73 Å². The minimum Gasteiger partial charge on any atom is -0.329 e. The summed E-state index contributed by atoms with van der Waals surface area (Å²) in [6.07, 6.45) is 1.36. The zero-order chi connectivity index (χ0) is 10.6. The maximum atomic E-state index is 5.92. The molecule has 3 heteroatoms. The molecule has 2 atom stereocenters. The standard InChI is InChI=1S/C11H24N2S/c1-4-13(9(2)3)11(7-12)10-5-6-14-8-10/h9-11H,4-8,12H2,1-3H3. The molecule has 1 rings (SSSR count). The molecule has 1 heterocycles. The van der Waals surface area contributed by atoms with E-state index >= 15 is 0 Å². The second kappa shape index (κ2) is 5.99. The Kier molecular flexibility index (Phi) is 5.28. The van der Waals surface area contributed by atoms with Gasteiger partial charge < -0.3 is 5.73 Å². The van der Waals surface area contributed by atoms with Crippen molar-refractivity contribution in [1.82, 2.24) is 4.90 Å². The van der Waals surface area contributed by atoms with Crippen LogP contribution >= 0.6 is 11.8 Å². The van der Waals surface area contributed by atoms with Crippen molar-refractivity contribution in [1.29, 1.82) is 0 Å². The quantitative estimate of drug-likeness (QED) is 0.760. The highest BCUT2D eigenvalue weighted by molar-refractivity contribution is 7.99. The van der Waals surface area contributed by atoms with E-state index in [9.17, 15) is 0 Å². The number of hydrogen-bond acceptors (Lipinski definition) is 3. The Morgan fingerprint density at radius 1 is 1.50 bits per heavy atom. The summed E-state index contributed by atoms with van der Waals surface area (Å²) in [4.78, 5) is 2.55. The summed E-state index contributed by atoms with van der Waals surface area (Å²) < 4.78 is 0. The Morgan fingerprint density at radius 3 is 2.57 bits per heavy atom. The SMILES string of the molecule is CCN(C(C)C)C(CN)C1CCSC1. The monoisotopic (exact) mass is 216 g/mol. The van der Waals surface area contributed by atoms with Gasteiger partial charge in [0.15, 0.2) is 0 Å². The third-order valence-corrected chi connectivity index (χ3v) is 4.39. The summed E-state index contributed by atoms with van der Waals surface area (Å²) in [5.41, 5.74) is 5.92. The molecule has 0 spiro atoms. The van der Waals surface area contributed by atoms with Crippen molar-refractivity contribution in [2.24, 2.45) is 11.7 Å². The van der Waals surface area contributed by atoms with Gasteiger partial charge in [-0.05, 0) is 44.2 Å². The summed E-state index contributed by atoms with van der Waals surface area (Å²) in [6.45, 7) is 8.73. The lowest BCUT2D eigenvalue weighted by atomic mass is 9.96. The summed E-state index contributed by atoms with van der Waals surface area (Å²) in [7, 11) is 0. The van der Waals surface area contributed by atoms with Crippen molar-refractivity contribution >= 4 is 11.8 Å². The third-order valence-electron chi connectivity index (χ3n) is 3.20. The Balaban J connectivity index is 2.57. The summed E-state index contributed by atoms with van der Waals surface area (Å²) >= 11 is 2.08. The van der Waals surface area contributed by atoms with Gasteiger partial charge in [0.2, 0.25) is 0 Å². The first-order valence-electron chi connectivity index (χ1n) is 5.74. The first-order chi connectivity index (χ1) is 6.70. The van der Waals surface area contributed by atoms with Gasteiger partial charge in [-0.1, -0.05) is 6.92 Å². The van der Waals surface area contributed by atoms with Gasteiger partial charge in [0, 0.05) is 18.6 Å². The van der Waals surface area contributed by atoms with Crippen LogP contribution in [0.2, 0.25) is 0 Å². The number of hydrogen-bond donors (Lipinski definition) is 1. The van der Waals surface area contributed by atoms with E-state index in [1.165, 1.54) is 17.9 Å². The minimum absolute atomic E-state index is 0.606. The van der Waals surface area contributed by atoms with Crippen LogP contribution in [0.1, 0.15) is 27.2 Å². The largest absolute Gasteiger partial charge is 0.329 e. The van der Waals surface area contributed by atoms with Gasteiger partial charge in [0.25, 0.3) is 0 Å². The molecule has 0 aromatic carbocycles. The van der Waals surface area contributed by atoms with Gasteiger partial charge in [-0.15, -0.1) is 0 Å². The molecule has 0 saturated carbocycles. The van der Waals surface area contributed by atoms with E-state index in [1.807, 2.05) is 0 Å². The van der Waals surface area contributed by atoms with Crippen molar-refractivity contribution in [3.63, 3.8) is 0 Å². The summed E-state index contributed by atoms with van der Waals surface area (Å²) in [5.74, 6) is 3.47. The average molecular weight is 216 g/mol. The second-order valence-corrected chi connectivity index (χ2v) is 5.50. The molecule has 2 nitrogen and oxygen atoms in total. The molecule has 0 aromatic rings. The van der Waals surface area contributed by atoms with E-state index in [-0.39, 0.29) is 0 Å². The molecule has 1 saturated heterocycles. The smallest absolute Gasteiger partial charge is 0.0257 e. The molecule has 84 valence electrons. The molecular weight excluding hydrogens is 192 g/mol. The van der Waals surface area contributed by atoms with E-state index in [2.05, 4.69) is 37.4 Å². The third kappa shape index (κ3) is 2.88. The molecule has 0 bridgehead atoms. The number of nitrogens with zero attached hydrogens (tertiary/aromatic N) is 1. The molecular formula is C11H24N2S. The lowest BCUT2D eigenvalue weighted by Gasteiger charge is -2.36. The van der Waals surface area contributed by atoms with Crippen molar-refractivity contribution in [2.75, 3.05) is 24.6 Å². The van der Waals surface area contributed by atoms with Crippen LogP contribution in [-0.4, -0.2) is 41.6 Å². The molecule has 0 aliphatic carbocycles. The first kappa shape index (κ1) is 12.3. The highest BCUT2D eigenvalue weighted by Crippen LogP contribution is 2.29. The maximum Gasteiger partial charge on any atom is 0.0257 e. The van der Waals surface area contributed by atoms with Crippen LogP contribution in [-0.2, 0) is 0 Å². The second-order valence-electron chi connectivity index (χ2n) is 4.35. The number of nitrogens with two attached hydrogens (primary N) is 1. The zero-order valence-electron chi connectivity index (χ0n) is 9.70. The molecule has 2 N–H and O–H groups in total. The first-order valence-corrected chi connectivity index (χ1v) is 6.89. The van der Waals surface area contributed by atoms with Crippen molar-refractivity contribution < 1.29 is 0 Å². The topological polar surface area (TPSA) is 29.3 Å². The number of thioether (sulfide) groups is 1. The molecule has 1 aliphatic rings. The minimum atomic E-state index is 0.606. The predicted molar refractivity (Wildman–Crippen MR) is 65.8 cm³/mol. The van der Waals surface area contributed by atoms with Crippen molar-refractivity contribution in [3.8, 4) is 0 Å². The highest BCUT2D eigenvalue weighted by atomic mass is 32.2. The van der Waals surface area contributed by atoms with Gasteiger partial charge in [-0.3, -0.25) is 4.90 Å². The fourth-order valence-electron chi connectivity index (χ4n) is 2.44. The van der Waals surface area contributed by atoms with Gasteiger partial charge in [-0.25, -0.2) is 0 Å². The van der Waals surface area contributed by atoms with Crippen LogP contribution in [0.5, 0.6) is 0 Å². The number of likely N-dealkylation sites (N-methyl/N-ethyl adjacent to an activating group) is 1. The Morgan fingerprint density at radius 2 is 2.21 bits per heavy atom. The Labute approximate surface area is 92.6 Å². The summed E-state index contributed by atoms with van der Waals surface area (Å²) in [5, 5.41) is 0. The van der Waals surface area contributed by atoms with Crippen LogP contribution in [0.4, 0.5) is 0 Å². The highest BCUT2D eigenvalue weighted by Gasteiger charge is 2.29. The fourth-order valence-corrected chi connectivity index (χ4v) is 3.77. The predicted octanol–water partition coefficient (Wildman–Crippen LogP) is 1.80. The van der Waals surface area contributed by atoms with Gasteiger partial charge in [-0.2, -0.15) is 11.8 Å². The van der Waals surface area contributed by atoms with E-state index in [0.717, 1.165) is 19.0 Å². The molecule has 0 amide bonds. The van der Waals surface area contributed by atoms with E-state index in [0.29, 0.717) is 12.1 Å². The molecule has 1 aliphatic heterocycles. The van der Waals surface area contributed by atoms with E-state index < -0.39 is 0 Å². The van der Waals surface area contributed by atoms with Crippen LogP contribution in [0.3, 0.4) is 0 Å². The zero-order valence-corrected chi connectivity index (χ0v) is 10.5. The van der Waals surface area contributed by atoms with Gasteiger partial charge >= 0.3 is 0 Å². The Hall–Kier alpha value is 0.270. The van der Waals surface area contributed by atoms with Crippen LogP contribution in [0.15, 0.2) is 0 Å².